The highest BCUT2D eigenvalue weighted by Gasteiger charge is 2.09. The van der Waals surface area contributed by atoms with Crippen molar-refractivity contribution in [2.75, 3.05) is 19.8 Å². The summed E-state index contributed by atoms with van der Waals surface area (Å²) in [6.45, 7) is 2.34. The molecule has 0 spiro atoms. The molecule has 0 radical (unpaired) electrons. The van der Waals surface area contributed by atoms with E-state index in [2.05, 4.69) is 15.6 Å². The Morgan fingerprint density at radius 2 is 2.22 bits per heavy atom. The van der Waals surface area contributed by atoms with Crippen LogP contribution in [0.2, 0.25) is 0 Å². The van der Waals surface area contributed by atoms with E-state index in [1.807, 2.05) is 12.3 Å². The van der Waals surface area contributed by atoms with E-state index in [-0.39, 0.29) is 5.96 Å². The second kappa shape index (κ2) is 10.4. The standard InChI is InChI=1S/C6H14N4O2.C4H8N2/c7-4(5(11)12)2-1-3-10-6(8)9;1-2-5-4-6-3-1/h4H,1-3,7H2,(H,11,12)(H4,8,9,10);1-2,5-6H,3-4H2. The number of hydrogen-bond donors (Lipinski definition) is 6. The van der Waals surface area contributed by atoms with E-state index in [9.17, 15) is 4.79 Å². The number of aliphatic imine (C=N–C) groups is 1. The number of nitrogens with one attached hydrogen (secondary N) is 2. The molecule has 8 nitrogen and oxygen atoms in total. The van der Waals surface area contributed by atoms with Gasteiger partial charge in [0.1, 0.15) is 6.04 Å². The Hall–Kier alpha value is -1.80. The van der Waals surface area contributed by atoms with Gasteiger partial charge in [0.15, 0.2) is 5.96 Å². The lowest BCUT2D eigenvalue weighted by Crippen LogP contribution is -2.30. The molecule has 0 fully saturated rings. The van der Waals surface area contributed by atoms with Crippen LogP contribution in [0.25, 0.3) is 0 Å². The Kier molecular flexibility index (Phi) is 9.32. The Morgan fingerprint density at radius 1 is 1.50 bits per heavy atom. The minimum Gasteiger partial charge on any atom is -0.480 e. The molecule has 0 aromatic carbocycles. The molecule has 1 heterocycles. The number of carbonyl (C=O) groups is 1. The fourth-order valence-electron chi connectivity index (χ4n) is 1.07. The second-order valence-electron chi connectivity index (χ2n) is 3.63. The van der Waals surface area contributed by atoms with Gasteiger partial charge in [-0.15, -0.1) is 0 Å². The van der Waals surface area contributed by atoms with Crippen molar-refractivity contribution >= 4 is 11.9 Å². The van der Waals surface area contributed by atoms with Crippen LogP contribution in [0.4, 0.5) is 0 Å². The summed E-state index contributed by atoms with van der Waals surface area (Å²) >= 11 is 0. The quantitative estimate of drug-likeness (QED) is 0.191. The molecule has 8 heteroatoms. The van der Waals surface area contributed by atoms with E-state index in [1.54, 1.807) is 0 Å². The SMILES string of the molecule is C1=CNCNC1.NC(N)=NCCCC(N)C(=O)O. The van der Waals surface area contributed by atoms with Crippen LogP contribution in [0.5, 0.6) is 0 Å². The van der Waals surface area contributed by atoms with Crippen molar-refractivity contribution < 1.29 is 9.90 Å². The average Bonchev–Trinajstić information content (AvgIpc) is 2.37. The molecule has 1 atom stereocenters. The molecular formula is C10H22N6O2. The number of carboxylic acids is 1. The largest absolute Gasteiger partial charge is 0.480 e. The topological polar surface area (TPSA) is 152 Å². The molecule has 18 heavy (non-hydrogen) atoms. The predicted octanol–water partition coefficient (Wildman–Crippen LogP) is -1.90. The van der Waals surface area contributed by atoms with Gasteiger partial charge in [-0.25, -0.2) is 0 Å². The number of nitrogens with zero attached hydrogens (tertiary/aromatic N) is 1. The average molecular weight is 258 g/mol. The molecule has 1 aliphatic rings. The van der Waals surface area contributed by atoms with Crippen molar-refractivity contribution in [3.05, 3.63) is 12.3 Å². The monoisotopic (exact) mass is 258 g/mol. The van der Waals surface area contributed by atoms with Crippen LogP contribution < -0.4 is 27.8 Å². The summed E-state index contributed by atoms with van der Waals surface area (Å²) in [5.74, 6) is -0.987. The summed E-state index contributed by atoms with van der Waals surface area (Å²) in [5, 5.41) is 14.5. The van der Waals surface area contributed by atoms with Gasteiger partial charge < -0.3 is 27.6 Å². The van der Waals surface area contributed by atoms with Crippen molar-refractivity contribution in [1.29, 1.82) is 0 Å². The van der Waals surface area contributed by atoms with Gasteiger partial charge in [0, 0.05) is 13.1 Å². The number of nitrogens with two attached hydrogens (primary N) is 3. The lowest BCUT2D eigenvalue weighted by Gasteiger charge is -2.05. The molecule has 0 aliphatic carbocycles. The fourth-order valence-corrected chi connectivity index (χ4v) is 1.07. The third-order valence-electron chi connectivity index (χ3n) is 2.01. The van der Waals surface area contributed by atoms with E-state index >= 15 is 0 Å². The van der Waals surface area contributed by atoms with Gasteiger partial charge >= 0.3 is 5.97 Å². The smallest absolute Gasteiger partial charge is 0.320 e. The molecule has 0 saturated carbocycles. The zero-order chi connectivity index (χ0) is 13.8. The van der Waals surface area contributed by atoms with Crippen molar-refractivity contribution in [3.8, 4) is 0 Å². The van der Waals surface area contributed by atoms with Gasteiger partial charge in [-0.3, -0.25) is 15.1 Å². The Balaban J connectivity index is 0.000000397. The normalized spacial score (nSPS) is 14.7. The van der Waals surface area contributed by atoms with Crippen LogP contribution in [0, 0.1) is 0 Å². The van der Waals surface area contributed by atoms with E-state index in [0.29, 0.717) is 19.4 Å². The number of carboxylic acid groups (broad SMARTS) is 1. The minimum atomic E-state index is -1.00. The van der Waals surface area contributed by atoms with Crippen molar-refractivity contribution in [1.82, 2.24) is 10.6 Å². The van der Waals surface area contributed by atoms with Crippen LogP contribution in [0.15, 0.2) is 17.3 Å². The minimum absolute atomic E-state index is 0.0129. The van der Waals surface area contributed by atoms with Crippen LogP contribution >= 0.6 is 0 Å². The van der Waals surface area contributed by atoms with Crippen molar-refractivity contribution in [3.63, 3.8) is 0 Å². The highest BCUT2D eigenvalue weighted by Crippen LogP contribution is 1.94. The Labute approximate surface area is 106 Å². The molecule has 0 amide bonds. The number of rotatable bonds is 5. The third kappa shape index (κ3) is 10.7. The summed E-state index contributed by atoms with van der Waals surface area (Å²) in [7, 11) is 0. The molecular weight excluding hydrogens is 236 g/mol. The van der Waals surface area contributed by atoms with E-state index < -0.39 is 12.0 Å². The summed E-state index contributed by atoms with van der Waals surface area (Å²) in [6, 6.07) is -0.820. The maximum absolute atomic E-state index is 10.2. The van der Waals surface area contributed by atoms with Crippen LogP contribution in [0.1, 0.15) is 12.8 Å². The number of hydrogen-bond acceptors (Lipinski definition) is 5. The van der Waals surface area contributed by atoms with Gasteiger partial charge in [0.05, 0.1) is 6.67 Å². The van der Waals surface area contributed by atoms with E-state index in [4.69, 9.17) is 22.3 Å². The molecule has 1 aliphatic heterocycles. The fraction of sp³-hybridized carbons (Fsp3) is 0.600. The van der Waals surface area contributed by atoms with Gasteiger partial charge in [-0.2, -0.15) is 0 Å². The summed E-state index contributed by atoms with van der Waals surface area (Å²) in [6.07, 6.45) is 4.96. The molecule has 0 saturated heterocycles. The summed E-state index contributed by atoms with van der Waals surface area (Å²) in [5.41, 5.74) is 15.3. The molecule has 104 valence electrons. The third-order valence-corrected chi connectivity index (χ3v) is 2.01. The van der Waals surface area contributed by atoms with Gasteiger partial charge in [-0.05, 0) is 19.0 Å². The highest BCUT2D eigenvalue weighted by atomic mass is 16.4. The maximum Gasteiger partial charge on any atom is 0.320 e. The molecule has 0 aromatic rings. The zero-order valence-electron chi connectivity index (χ0n) is 10.3. The Bertz CT molecular complexity index is 280. The molecule has 9 N–H and O–H groups in total. The lowest BCUT2D eigenvalue weighted by atomic mass is 10.2. The van der Waals surface area contributed by atoms with Crippen molar-refractivity contribution in [2.45, 2.75) is 18.9 Å². The van der Waals surface area contributed by atoms with Gasteiger partial charge in [-0.1, -0.05) is 6.08 Å². The molecule has 1 rings (SSSR count). The first-order valence-corrected chi connectivity index (χ1v) is 5.67. The van der Waals surface area contributed by atoms with Gasteiger partial charge in [0.2, 0.25) is 0 Å². The highest BCUT2D eigenvalue weighted by molar-refractivity contribution is 5.75. The summed E-state index contributed by atoms with van der Waals surface area (Å²) in [4.78, 5) is 13.9. The molecule has 0 bridgehead atoms. The number of guanidine groups is 1. The summed E-state index contributed by atoms with van der Waals surface area (Å²) < 4.78 is 0. The second-order valence-corrected chi connectivity index (χ2v) is 3.63. The first-order chi connectivity index (χ1) is 8.54. The molecule has 1 unspecified atom stereocenters. The first-order valence-electron chi connectivity index (χ1n) is 5.67. The molecule has 0 aromatic heterocycles. The number of aliphatic carboxylic acids is 1. The van der Waals surface area contributed by atoms with E-state index in [0.717, 1.165) is 13.2 Å². The van der Waals surface area contributed by atoms with E-state index in [1.165, 1.54) is 0 Å². The Morgan fingerprint density at radius 3 is 2.56 bits per heavy atom. The van der Waals surface area contributed by atoms with Gasteiger partial charge in [0.25, 0.3) is 0 Å². The van der Waals surface area contributed by atoms with Crippen LogP contribution in [0.3, 0.4) is 0 Å². The predicted molar refractivity (Wildman–Crippen MR) is 70.7 cm³/mol. The van der Waals surface area contributed by atoms with Crippen LogP contribution in [-0.4, -0.2) is 42.8 Å². The maximum atomic E-state index is 10.2. The zero-order valence-corrected chi connectivity index (χ0v) is 10.3. The van der Waals surface area contributed by atoms with Crippen molar-refractivity contribution in [2.24, 2.45) is 22.2 Å². The first kappa shape index (κ1) is 16.2. The van der Waals surface area contributed by atoms with Crippen LogP contribution in [-0.2, 0) is 4.79 Å². The lowest BCUT2D eigenvalue weighted by molar-refractivity contribution is -0.138.